The molecule has 0 saturated heterocycles. The van der Waals surface area contributed by atoms with Gasteiger partial charge >= 0.3 is 0 Å². The predicted molar refractivity (Wildman–Crippen MR) is 111 cm³/mol. The Hall–Kier alpha value is -3.66. The highest BCUT2D eigenvalue weighted by atomic mass is 16.2. The van der Waals surface area contributed by atoms with Crippen molar-refractivity contribution in [3.05, 3.63) is 96.7 Å². The zero-order valence-corrected chi connectivity index (χ0v) is 15.0. The molecule has 4 nitrogen and oxygen atoms in total. The molecule has 0 unspecified atom stereocenters. The maximum Gasteiger partial charge on any atom is 0.296 e. The Bertz CT molecular complexity index is 1070. The molecule has 2 N–H and O–H groups in total. The van der Waals surface area contributed by atoms with Crippen LogP contribution < -0.4 is 5.32 Å². The number of hydrogen-bond donors (Lipinski definition) is 2. The number of rotatable bonds is 6. The highest BCUT2D eigenvalue weighted by molar-refractivity contribution is 6.48. The number of aromatic nitrogens is 1. The summed E-state index contributed by atoms with van der Waals surface area (Å²) in [7, 11) is 0. The number of aromatic amines is 1. The maximum atomic E-state index is 12.7. The second-order valence-electron chi connectivity index (χ2n) is 5.92. The van der Waals surface area contributed by atoms with E-state index in [0.29, 0.717) is 11.3 Å². The van der Waals surface area contributed by atoms with Crippen LogP contribution in [0.3, 0.4) is 0 Å². The molecule has 0 aliphatic carbocycles. The summed E-state index contributed by atoms with van der Waals surface area (Å²) >= 11 is 0. The number of hydrogen-bond acceptors (Lipinski definition) is 2. The van der Waals surface area contributed by atoms with Gasteiger partial charge in [0.2, 0.25) is 0 Å². The molecular weight excluding hydrogens is 336 g/mol. The topological polar surface area (TPSA) is 62.0 Å². The second-order valence-corrected chi connectivity index (χ2v) is 5.92. The molecule has 0 spiro atoms. The van der Waals surface area contributed by atoms with Gasteiger partial charge in [0.15, 0.2) is 0 Å². The first-order chi connectivity index (χ1) is 13.2. The van der Waals surface area contributed by atoms with Crippen LogP contribution >= 0.6 is 0 Å². The van der Waals surface area contributed by atoms with Crippen molar-refractivity contribution in [2.24, 2.45) is 0 Å². The lowest BCUT2D eigenvalue weighted by Gasteiger charge is -2.11. The van der Waals surface area contributed by atoms with Gasteiger partial charge in [-0.25, -0.2) is 0 Å². The quantitative estimate of drug-likeness (QED) is 0.365. The van der Waals surface area contributed by atoms with Crippen molar-refractivity contribution in [2.45, 2.75) is 6.92 Å². The lowest BCUT2D eigenvalue weighted by atomic mass is 10.0. The zero-order chi connectivity index (χ0) is 19.2. The Morgan fingerprint density at radius 1 is 1.04 bits per heavy atom. The second kappa shape index (κ2) is 8.15. The Morgan fingerprint density at radius 3 is 2.56 bits per heavy atom. The number of carbonyl (C=O) groups is 2. The molecule has 0 aliphatic heterocycles. The molecule has 4 heteroatoms. The zero-order valence-electron chi connectivity index (χ0n) is 15.0. The lowest BCUT2D eigenvalue weighted by molar-refractivity contribution is -0.112. The van der Waals surface area contributed by atoms with Crippen LogP contribution in [0.25, 0.3) is 16.5 Å². The smallest absolute Gasteiger partial charge is 0.296 e. The fourth-order valence-corrected chi connectivity index (χ4v) is 2.92. The number of nitrogens with one attached hydrogen (secondary N) is 2. The first kappa shape index (κ1) is 18.1. The lowest BCUT2D eigenvalue weighted by Crippen LogP contribution is -2.23. The van der Waals surface area contributed by atoms with Gasteiger partial charge in [0.1, 0.15) is 0 Å². The number of benzene rings is 2. The minimum absolute atomic E-state index is 0.360. The number of H-pyrrole nitrogens is 1. The van der Waals surface area contributed by atoms with Gasteiger partial charge in [-0.15, -0.1) is 0 Å². The number of Topliss-reactive ketones (excluding diaryl/α,β-unsaturated/α-hetero) is 1. The monoisotopic (exact) mass is 356 g/mol. The van der Waals surface area contributed by atoms with Crippen molar-refractivity contribution in [3.63, 3.8) is 0 Å². The molecule has 1 heterocycles. The molecule has 0 atom stereocenters. The predicted octanol–water partition coefficient (Wildman–Crippen LogP) is 5.13. The van der Waals surface area contributed by atoms with Gasteiger partial charge in [-0.3, -0.25) is 9.59 Å². The third kappa shape index (κ3) is 3.80. The van der Waals surface area contributed by atoms with Gasteiger partial charge in [-0.05, 0) is 24.6 Å². The molecule has 0 bridgehead atoms. The molecule has 1 amide bonds. The van der Waals surface area contributed by atoms with Crippen molar-refractivity contribution in [1.29, 1.82) is 0 Å². The van der Waals surface area contributed by atoms with E-state index in [2.05, 4.69) is 16.9 Å². The molecule has 0 saturated carbocycles. The van der Waals surface area contributed by atoms with Crippen molar-refractivity contribution in [1.82, 2.24) is 4.98 Å². The molecule has 2 aromatic carbocycles. The largest absolute Gasteiger partial charge is 0.360 e. The van der Waals surface area contributed by atoms with Gasteiger partial charge in [0.05, 0.1) is 5.56 Å². The van der Waals surface area contributed by atoms with E-state index < -0.39 is 11.7 Å². The van der Waals surface area contributed by atoms with E-state index in [1.54, 1.807) is 18.3 Å². The summed E-state index contributed by atoms with van der Waals surface area (Å²) in [6.07, 6.45) is 8.92. The Kier molecular flexibility index (Phi) is 5.47. The molecule has 3 rings (SSSR count). The van der Waals surface area contributed by atoms with Crippen molar-refractivity contribution in [2.75, 3.05) is 5.32 Å². The van der Waals surface area contributed by atoms with Crippen LogP contribution in [0.1, 0.15) is 22.8 Å². The SMILES string of the molecule is C=C/C=C\C(=C/C)c1ccccc1NC(=O)C(=O)c1c[nH]c2ccccc12. The Morgan fingerprint density at radius 2 is 1.78 bits per heavy atom. The summed E-state index contributed by atoms with van der Waals surface area (Å²) in [5.74, 6) is -1.25. The van der Waals surface area contributed by atoms with E-state index in [1.807, 2.05) is 67.6 Å². The third-order valence-corrected chi connectivity index (χ3v) is 4.25. The summed E-state index contributed by atoms with van der Waals surface area (Å²) < 4.78 is 0. The highest BCUT2D eigenvalue weighted by Gasteiger charge is 2.21. The van der Waals surface area contributed by atoms with E-state index in [-0.39, 0.29) is 0 Å². The van der Waals surface area contributed by atoms with Crippen molar-refractivity contribution in [3.8, 4) is 0 Å². The van der Waals surface area contributed by atoms with Gasteiger partial charge in [0.25, 0.3) is 11.7 Å². The normalized spacial score (nSPS) is 11.7. The molecule has 1 aromatic heterocycles. The van der Waals surface area contributed by atoms with Gasteiger partial charge in [0, 0.05) is 28.4 Å². The fraction of sp³-hybridized carbons (Fsp3) is 0.0435. The molecule has 134 valence electrons. The summed E-state index contributed by atoms with van der Waals surface area (Å²) in [6, 6.07) is 14.8. The first-order valence-corrected chi connectivity index (χ1v) is 8.62. The summed E-state index contributed by atoms with van der Waals surface area (Å²) in [4.78, 5) is 28.3. The number of carbonyl (C=O) groups excluding carboxylic acids is 2. The van der Waals surface area contributed by atoms with Gasteiger partial charge in [-0.2, -0.15) is 0 Å². The summed E-state index contributed by atoms with van der Waals surface area (Å²) in [6.45, 7) is 5.59. The van der Waals surface area contributed by atoms with E-state index in [0.717, 1.165) is 22.0 Å². The maximum absolute atomic E-state index is 12.7. The Balaban J connectivity index is 1.89. The number of anilines is 1. The molecule has 27 heavy (non-hydrogen) atoms. The van der Waals surface area contributed by atoms with E-state index in [9.17, 15) is 9.59 Å². The minimum atomic E-state index is -0.671. The van der Waals surface area contributed by atoms with Crippen LogP contribution in [0.4, 0.5) is 5.69 Å². The molecular formula is C23H20N2O2. The fourth-order valence-electron chi connectivity index (χ4n) is 2.92. The minimum Gasteiger partial charge on any atom is -0.360 e. The van der Waals surface area contributed by atoms with Crippen LogP contribution in [-0.4, -0.2) is 16.7 Å². The summed E-state index contributed by atoms with van der Waals surface area (Å²) in [5.41, 5.74) is 3.51. The van der Waals surface area contributed by atoms with Crippen LogP contribution in [0.15, 0.2) is 85.6 Å². The standard InChI is InChI=1S/C23H20N2O2/c1-3-5-10-16(4-2)17-11-6-9-14-21(17)25-23(27)22(26)19-15-24-20-13-8-7-12-18(19)20/h3-15,24H,1H2,2H3,(H,25,27)/b10-5-,16-4+. The van der Waals surface area contributed by atoms with E-state index in [1.165, 1.54) is 0 Å². The molecule has 0 radical (unpaired) electrons. The van der Waals surface area contributed by atoms with E-state index >= 15 is 0 Å². The van der Waals surface area contributed by atoms with Gasteiger partial charge < -0.3 is 10.3 Å². The van der Waals surface area contributed by atoms with Gasteiger partial charge in [-0.1, -0.05) is 67.3 Å². The number of fused-ring (bicyclic) bond motifs is 1. The summed E-state index contributed by atoms with van der Waals surface area (Å²) in [5, 5.41) is 3.48. The average molecular weight is 356 g/mol. The third-order valence-electron chi connectivity index (χ3n) is 4.25. The average Bonchev–Trinajstić information content (AvgIpc) is 3.13. The van der Waals surface area contributed by atoms with Crippen molar-refractivity contribution < 1.29 is 9.59 Å². The first-order valence-electron chi connectivity index (χ1n) is 8.62. The molecule has 0 fully saturated rings. The number of allylic oxidation sites excluding steroid dienone is 5. The van der Waals surface area contributed by atoms with Crippen LogP contribution in [-0.2, 0) is 4.79 Å². The number of para-hydroxylation sites is 2. The van der Waals surface area contributed by atoms with E-state index in [4.69, 9.17) is 0 Å². The number of ketones is 1. The Labute approximate surface area is 157 Å². The van der Waals surface area contributed by atoms with Crippen LogP contribution in [0, 0.1) is 0 Å². The molecule has 0 aliphatic rings. The van der Waals surface area contributed by atoms with Crippen LogP contribution in [0.2, 0.25) is 0 Å². The number of amides is 1. The van der Waals surface area contributed by atoms with Crippen LogP contribution in [0.5, 0.6) is 0 Å². The van der Waals surface area contributed by atoms with Crippen molar-refractivity contribution >= 4 is 33.9 Å². The molecule has 3 aromatic rings. The highest BCUT2D eigenvalue weighted by Crippen LogP contribution is 2.25.